The summed E-state index contributed by atoms with van der Waals surface area (Å²) in [5.74, 6) is -0.993. The molecule has 0 aromatic carbocycles. The molecule has 0 aliphatic carbocycles. The van der Waals surface area contributed by atoms with Crippen molar-refractivity contribution in [1.82, 2.24) is 9.80 Å². The molecule has 0 spiro atoms. The maximum absolute atomic E-state index is 12.2. The van der Waals surface area contributed by atoms with E-state index in [0.717, 1.165) is 6.42 Å². The number of carbonyl (C=O) groups excluding carboxylic acids is 1. The minimum atomic E-state index is -0.993. The minimum Gasteiger partial charge on any atom is -0.480 e. The Morgan fingerprint density at radius 1 is 1.28 bits per heavy atom. The van der Waals surface area contributed by atoms with Crippen LogP contribution >= 0.6 is 0 Å². The molecule has 0 aliphatic rings. The second kappa shape index (κ2) is 8.74. The summed E-state index contributed by atoms with van der Waals surface area (Å²) in [6.45, 7) is 6.81. The Morgan fingerprint density at radius 3 is 2.28 bits per heavy atom. The fourth-order valence-corrected chi connectivity index (χ4v) is 1.62. The molecule has 0 atom stereocenters. The number of amides is 2. The average Bonchev–Trinajstić information content (AvgIpc) is 2.27. The normalized spacial score (nSPS) is 10.5. The van der Waals surface area contributed by atoms with E-state index in [1.165, 1.54) is 4.90 Å². The molecule has 6 heteroatoms. The smallest absolute Gasteiger partial charge is 0.323 e. The Labute approximate surface area is 109 Å². The van der Waals surface area contributed by atoms with Crippen LogP contribution in [0, 0.1) is 0 Å². The molecule has 2 amide bonds. The molecule has 0 aromatic heterocycles. The molecule has 0 aromatic rings. The fourth-order valence-electron chi connectivity index (χ4n) is 1.62. The molecule has 0 fully saturated rings. The van der Waals surface area contributed by atoms with Crippen LogP contribution in [0.3, 0.4) is 0 Å². The van der Waals surface area contributed by atoms with Gasteiger partial charge in [0.2, 0.25) is 0 Å². The first-order chi connectivity index (χ1) is 8.43. The number of hydrogen-bond donors (Lipinski definition) is 1. The zero-order valence-electron chi connectivity index (χ0n) is 11.7. The van der Waals surface area contributed by atoms with E-state index in [2.05, 4.69) is 0 Å². The van der Waals surface area contributed by atoms with Crippen LogP contribution in [0.15, 0.2) is 0 Å². The van der Waals surface area contributed by atoms with E-state index in [9.17, 15) is 9.59 Å². The van der Waals surface area contributed by atoms with Gasteiger partial charge in [-0.1, -0.05) is 6.92 Å². The summed E-state index contributed by atoms with van der Waals surface area (Å²) in [4.78, 5) is 26.0. The Hall–Kier alpha value is -1.30. The van der Waals surface area contributed by atoms with Crippen LogP contribution in [0.2, 0.25) is 0 Å². The summed E-state index contributed by atoms with van der Waals surface area (Å²) in [7, 11) is 1.57. The zero-order chi connectivity index (χ0) is 14.1. The lowest BCUT2D eigenvalue weighted by atomic mass is 10.3. The quantitative estimate of drug-likeness (QED) is 0.713. The third kappa shape index (κ3) is 5.86. The fraction of sp³-hybridized carbons (Fsp3) is 0.833. The first-order valence-electron chi connectivity index (χ1n) is 6.20. The van der Waals surface area contributed by atoms with Crippen LogP contribution in [-0.4, -0.2) is 66.3 Å². The Morgan fingerprint density at radius 2 is 1.89 bits per heavy atom. The predicted octanol–water partition coefficient (Wildman–Crippen LogP) is 1.26. The maximum Gasteiger partial charge on any atom is 0.323 e. The van der Waals surface area contributed by atoms with E-state index in [0.29, 0.717) is 19.7 Å². The molecule has 18 heavy (non-hydrogen) atoms. The number of hydrogen-bond acceptors (Lipinski definition) is 3. The van der Waals surface area contributed by atoms with Gasteiger partial charge in [-0.05, 0) is 20.3 Å². The lowest BCUT2D eigenvalue weighted by Crippen LogP contribution is -2.49. The SMILES string of the molecule is CCCN(CC(=O)O)C(=O)N(CCOC)C(C)C. The molecule has 0 heterocycles. The van der Waals surface area contributed by atoms with E-state index >= 15 is 0 Å². The Bertz CT molecular complexity index is 269. The summed E-state index contributed by atoms with van der Waals surface area (Å²) in [5, 5.41) is 8.82. The van der Waals surface area contributed by atoms with Crippen molar-refractivity contribution in [3.8, 4) is 0 Å². The number of carboxylic acids is 1. The summed E-state index contributed by atoms with van der Waals surface area (Å²) >= 11 is 0. The highest BCUT2D eigenvalue weighted by atomic mass is 16.5. The van der Waals surface area contributed by atoms with E-state index < -0.39 is 5.97 Å². The molecule has 0 radical (unpaired) electrons. The third-order valence-electron chi connectivity index (χ3n) is 2.50. The van der Waals surface area contributed by atoms with Gasteiger partial charge in [0.25, 0.3) is 0 Å². The number of carboxylic acid groups (broad SMARTS) is 1. The zero-order valence-corrected chi connectivity index (χ0v) is 11.7. The monoisotopic (exact) mass is 260 g/mol. The van der Waals surface area contributed by atoms with Crippen LogP contribution in [0.1, 0.15) is 27.2 Å². The molecule has 106 valence electrons. The van der Waals surface area contributed by atoms with E-state index in [1.54, 1.807) is 12.0 Å². The molecule has 0 rings (SSSR count). The third-order valence-corrected chi connectivity index (χ3v) is 2.50. The Kier molecular flexibility index (Phi) is 8.11. The maximum atomic E-state index is 12.2. The number of urea groups is 1. The van der Waals surface area contributed by atoms with Crippen LogP contribution < -0.4 is 0 Å². The van der Waals surface area contributed by atoms with Crippen molar-refractivity contribution in [3.05, 3.63) is 0 Å². The highest BCUT2D eigenvalue weighted by molar-refractivity contribution is 5.80. The summed E-state index contributed by atoms with van der Waals surface area (Å²) in [6.07, 6.45) is 0.731. The lowest BCUT2D eigenvalue weighted by molar-refractivity contribution is -0.137. The number of aliphatic carboxylic acids is 1. The van der Waals surface area contributed by atoms with Crippen molar-refractivity contribution in [2.45, 2.75) is 33.2 Å². The summed E-state index contributed by atoms with van der Waals surface area (Å²) < 4.78 is 4.96. The largest absolute Gasteiger partial charge is 0.480 e. The molecule has 0 saturated heterocycles. The van der Waals surface area contributed by atoms with Gasteiger partial charge in [-0.3, -0.25) is 4.79 Å². The highest BCUT2D eigenvalue weighted by Crippen LogP contribution is 2.05. The van der Waals surface area contributed by atoms with Gasteiger partial charge in [-0.15, -0.1) is 0 Å². The van der Waals surface area contributed by atoms with Crippen molar-refractivity contribution in [2.24, 2.45) is 0 Å². The van der Waals surface area contributed by atoms with Crippen molar-refractivity contribution in [1.29, 1.82) is 0 Å². The van der Waals surface area contributed by atoms with Gasteiger partial charge in [0.05, 0.1) is 6.61 Å². The van der Waals surface area contributed by atoms with Crippen molar-refractivity contribution < 1.29 is 19.4 Å². The summed E-state index contributed by atoms with van der Waals surface area (Å²) in [6, 6.07) is -0.230. The first-order valence-corrected chi connectivity index (χ1v) is 6.20. The predicted molar refractivity (Wildman–Crippen MR) is 68.6 cm³/mol. The van der Waals surface area contributed by atoms with Crippen molar-refractivity contribution in [3.63, 3.8) is 0 Å². The highest BCUT2D eigenvalue weighted by Gasteiger charge is 2.23. The minimum absolute atomic E-state index is 0.0146. The molecule has 0 unspecified atom stereocenters. The van der Waals surface area contributed by atoms with Gasteiger partial charge in [-0.2, -0.15) is 0 Å². The second-order valence-electron chi connectivity index (χ2n) is 4.38. The lowest BCUT2D eigenvalue weighted by Gasteiger charge is -2.32. The van der Waals surface area contributed by atoms with Gasteiger partial charge in [-0.25, -0.2) is 4.79 Å². The van der Waals surface area contributed by atoms with E-state index in [1.807, 2.05) is 20.8 Å². The van der Waals surface area contributed by atoms with Gasteiger partial charge in [0.1, 0.15) is 6.54 Å². The van der Waals surface area contributed by atoms with Gasteiger partial charge >= 0.3 is 12.0 Å². The van der Waals surface area contributed by atoms with Crippen molar-refractivity contribution in [2.75, 3.05) is 33.4 Å². The number of methoxy groups -OCH3 is 1. The van der Waals surface area contributed by atoms with Gasteiger partial charge in [0.15, 0.2) is 0 Å². The Balaban J connectivity index is 4.70. The van der Waals surface area contributed by atoms with Crippen LogP contribution in [0.4, 0.5) is 4.79 Å². The van der Waals surface area contributed by atoms with Gasteiger partial charge < -0.3 is 19.6 Å². The number of rotatable bonds is 8. The molecule has 0 aliphatic heterocycles. The van der Waals surface area contributed by atoms with E-state index in [-0.39, 0.29) is 18.6 Å². The van der Waals surface area contributed by atoms with Crippen LogP contribution in [0.25, 0.3) is 0 Å². The second-order valence-corrected chi connectivity index (χ2v) is 4.38. The van der Waals surface area contributed by atoms with Gasteiger partial charge in [0, 0.05) is 26.2 Å². The number of ether oxygens (including phenoxy) is 1. The average molecular weight is 260 g/mol. The molecule has 6 nitrogen and oxygen atoms in total. The van der Waals surface area contributed by atoms with E-state index in [4.69, 9.17) is 9.84 Å². The summed E-state index contributed by atoms with van der Waals surface area (Å²) in [5.41, 5.74) is 0. The molecule has 0 saturated carbocycles. The number of carbonyl (C=O) groups is 2. The first kappa shape index (κ1) is 16.7. The standard InChI is InChI=1S/C12H24N2O4/c1-5-6-13(9-11(15)16)12(17)14(10(2)3)7-8-18-4/h10H,5-9H2,1-4H3,(H,15,16). The van der Waals surface area contributed by atoms with Crippen molar-refractivity contribution >= 4 is 12.0 Å². The van der Waals surface area contributed by atoms with Crippen LogP contribution in [-0.2, 0) is 9.53 Å². The van der Waals surface area contributed by atoms with Crippen LogP contribution in [0.5, 0.6) is 0 Å². The molecular formula is C12H24N2O4. The molecule has 1 N–H and O–H groups in total. The molecule has 0 bridgehead atoms. The molecular weight excluding hydrogens is 236 g/mol. The number of nitrogens with zero attached hydrogens (tertiary/aromatic N) is 2. The topological polar surface area (TPSA) is 70.1 Å².